The van der Waals surface area contributed by atoms with Crippen LogP contribution in [-0.2, 0) is 19.1 Å². The fourth-order valence-electron chi connectivity index (χ4n) is 5.18. The number of halogens is 1. The summed E-state index contributed by atoms with van der Waals surface area (Å²) < 4.78 is 26.1. The highest BCUT2D eigenvalue weighted by molar-refractivity contribution is 7.11. The van der Waals surface area contributed by atoms with Gasteiger partial charge in [0, 0.05) is 50.4 Å². The first kappa shape index (κ1) is 25.5. The van der Waals surface area contributed by atoms with Crippen LogP contribution in [0.1, 0.15) is 36.0 Å². The van der Waals surface area contributed by atoms with Crippen molar-refractivity contribution in [3.8, 4) is 0 Å². The average Bonchev–Trinajstić information content (AvgIpc) is 3.56. The summed E-state index contributed by atoms with van der Waals surface area (Å²) >= 11 is 1.43. The second-order valence-corrected chi connectivity index (χ2v) is 10.2. The average molecular weight is 528 g/mol. The minimum atomic E-state index is -0.765. The number of esters is 1. The lowest BCUT2D eigenvalue weighted by molar-refractivity contribution is -0.139. The lowest BCUT2D eigenvalue weighted by Gasteiger charge is -2.38. The molecule has 1 amide bonds. The van der Waals surface area contributed by atoms with Crippen molar-refractivity contribution >= 4 is 29.0 Å². The quantitative estimate of drug-likeness (QED) is 0.577. The summed E-state index contributed by atoms with van der Waals surface area (Å²) in [7, 11) is 0. The van der Waals surface area contributed by atoms with E-state index in [-0.39, 0.29) is 30.5 Å². The van der Waals surface area contributed by atoms with Gasteiger partial charge in [-0.1, -0.05) is 12.1 Å². The van der Waals surface area contributed by atoms with Crippen molar-refractivity contribution in [2.24, 2.45) is 4.99 Å². The van der Waals surface area contributed by atoms with Crippen LogP contribution in [-0.4, -0.2) is 84.0 Å². The number of carbonyl (C=O) groups excluding carboxylic acids is 2. The van der Waals surface area contributed by atoms with Crippen LogP contribution in [0.4, 0.5) is 4.39 Å². The second-order valence-electron chi connectivity index (χ2n) is 9.28. The maximum absolute atomic E-state index is 14.6. The van der Waals surface area contributed by atoms with Crippen LogP contribution in [0.2, 0.25) is 0 Å². The Morgan fingerprint density at radius 2 is 2.16 bits per heavy atom. The number of nitrogens with one attached hydrogen (secondary N) is 1. The van der Waals surface area contributed by atoms with Crippen molar-refractivity contribution in [2.45, 2.75) is 39.0 Å². The van der Waals surface area contributed by atoms with E-state index in [9.17, 15) is 14.0 Å². The van der Waals surface area contributed by atoms with Crippen molar-refractivity contribution < 1.29 is 23.5 Å². The van der Waals surface area contributed by atoms with Gasteiger partial charge in [0.05, 0.1) is 30.9 Å². The first-order chi connectivity index (χ1) is 17.9. The highest BCUT2D eigenvalue weighted by Gasteiger charge is 2.42. The number of amides is 1. The zero-order valence-corrected chi connectivity index (χ0v) is 21.9. The van der Waals surface area contributed by atoms with Gasteiger partial charge in [-0.25, -0.2) is 14.2 Å². The van der Waals surface area contributed by atoms with E-state index < -0.39 is 12.0 Å². The second kappa shape index (κ2) is 10.7. The molecule has 11 heteroatoms. The molecule has 0 bridgehead atoms. The molecule has 5 rings (SSSR count). The van der Waals surface area contributed by atoms with Crippen LogP contribution in [0, 0.1) is 12.7 Å². The predicted octanol–water partition coefficient (Wildman–Crippen LogP) is 2.43. The highest BCUT2D eigenvalue weighted by Crippen LogP contribution is 2.36. The molecule has 1 aromatic carbocycles. The standard InChI is InChI=1S/C26H30FN5O4S/c1-4-35-26(34)22-19(12-31-9-10-36-21-14-32(16(3)33)13-20(21)31)29-24(25-28-8-11-37-25)30-23(22)17-6-5-7-18(27)15(17)2/h5-8,11,20-21,23H,4,9-10,12-14H2,1-3H3,(H,29,30)/t20-,21+,23-/m0/s1. The molecule has 3 aliphatic heterocycles. The molecule has 3 aliphatic rings. The third kappa shape index (κ3) is 5.03. The number of rotatable bonds is 6. The first-order valence-electron chi connectivity index (χ1n) is 12.4. The highest BCUT2D eigenvalue weighted by atomic mass is 32.1. The molecule has 196 valence electrons. The third-order valence-electron chi connectivity index (χ3n) is 7.08. The number of hydrogen-bond donors (Lipinski definition) is 1. The van der Waals surface area contributed by atoms with Crippen molar-refractivity contribution in [3.05, 3.63) is 63.0 Å². The SMILES string of the molecule is CCOC(=O)C1=C(CN2CCO[C@@H]3CN(C(C)=O)C[C@@H]32)NC(c2nccs2)=N[C@H]1c1cccc(F)c1C. The number of nitrogens with zero attached hydrogens (tertiary/aromatic N) is 4. The number of hydrogen-bond acceptors (Lipinski definition) is 9. The van der Waals surface area contributed by atoms with Crippen molar-refractivity contribution in [1.82, 2.24) is 20.1 Å². The smallest absolute Gasteiger partial charge is 0.338 e. The summed E-state index contributed by atoms with van der Waals surface area (Å²) in [6, 6.07) is 4.04. The fraction of sp³-hybridized carbons (Fsp3) is 0.462. The molecule has 2 aromatic rings. The molecule has 0 saturated carbocycles. The topological polar surface area (TPSA) is 96.4 Å². The van der Waals surface area contributed by atoms with Crippen LogP contribution in [0.3, 0.4) is 0 Å². The number of fused-ring (bicyclic) bond motifs is 1. The molecule has 1 N–H and O–H groups in total. The van der Waals surface area contributed by atoms with Crippen molar-refractivity contribution in [1.29, 1.82) is 0 Å². The summed E-state index contributed by atoms with van der Waals surface area (Å²) in [5.41, 5.74) is 2.01. The molecule has 37 heavy (non-hydrogen) atoms. The number of thiazole rings is 1. The number of aromatic nitrogens is 1. The Balaban J connectivity index is 1.58. The number of likely N-dealkylation sites (tertiary alicyclic amines) is 1. The predicted molar refractivity (Wildman–Crippen MR) is 137 cm³/mol. The van der Waals surface area contributed by atoms with E-state index in [1.165, 1.54) is 17.4 Å². The molecule has 1 aromatic heterocycles. The van der Waals surface area contributed by atoms with E-state index >= 15 is 0 Å². The maximum atomic E-state index is 14.6. The minimum absolute atomic E-state index is 0.00747. The Labute approximate surface area is 219 Å². The van der Waals surface area contributed by atoms with Crippen LogP contribution in [0.5, 0.6) is 0 Å². The van der Waals surface area contributed by atoms with E-state index in [4.69, 9.17) is 14.5 Å². The number of benzene rings is 1. The summed E-state index contributed by atoms with van der Waals surface area (Å²) in [5.74, 6) is -0.325. The van der Waals surface area contributed by atoms with Crippen molar-refractivity contribution in [2.75, 3.05) is 39.4 Å². The van der Waals surface area contributed by atoms with E-state index in [0.29, 0.717) is 66.0 Å². The van der Waals surface area contributed by atoms with E-state index in [2.05, 4.69) is 15.2 Å². The number of morpholine rings is 1. The molecule has 0 radical (unpaired) electrons. The van der Waals surface area contributed by atoms with Gasteiger partial charge < -0.3 is 19.7 Å². The normalized spacial score (nSPS) is 23.9. The Bertz CT molecular complexity index is 1250. The Hall–Kier alpha value is -3.15. The number of carbonyl (C=O) groups is 2. The minimum Gasteiger partial charge on any atom is -0.463 e. The number of amidine groups is 1. The molecule has 0 unspecified atom stereocenters. The molecule has 0 aliphatic carbocycles. The van der Waals surface area contributed by atoms with Crippen LogP contribution in [0.25, 0.3) is 0 Å². The van der Waals surface area contributed by atoms with Crippen LogP contribution >= 0.6 is 11.3 Å². The van der Waals surface area contributed by atoms with E-state index in [1.807, 2.05) is 5.38 Å². The number of ether oxygens (including phenoxy) is 2. The Morgan fingerprint density at radius 3 is 2.89 bits per heavy atom. The van der Waals surface area contributed by atoms with Gasteiger partial charge in [0.15, 0.2) is 10.8 Å². The zero-order valence-electron chi connectivity index (χ0n) is 21.1. The van der Waals surface area contributed by atoms with Gasteiger partial charge in [0.2, 0.25) is 5.91 Å². The summed E-state index contributed by atoms with van der Waals surface area (Å²) in [4.78, 5) is 38.8. The lowest BCUT2D eigenvalue weighted by atomic mass is 9.92. The van der Waals surface area contributed by atoms with Crippen LogP contribution in [0.15, 0.2) is 46.0 Å². The summed E-state index contributed by atoms with van der Waals surface area (Å²) in [6.45, 7) is 7.86. The van der Waals surface area contributed by atoms with Gasteiger partial charge in [0.25, 0.3) is 0 Å². The monoisotopic (exact) mass is 527 g/mol. The third-order valence-corrected chi connectivity index (χ3v) is 7.86. The lowest BCUT2D eigenvalue weighted by Crippen LogP contribution is -2.53. The molecule has 3 atom stereocenters. The first-order valence-corrected chi connectivity index (χ1v) is 13.3. The summed E-state index contributed by atoms with van der Waals surface area (Å²) in [6.07, 6.45) is 1.60. The molecule has 2 fully saturated rings. The molecule has 0 spiro atoms. The molecule has 2 saturated heterocycles. The van der Waals surface area contributed by atoms with Crippen molar-refractivity contribution in [3.63, 3.8) is 0 Å². The molecular formula is C26H30FN5O4S. The van der Waals surface area contributed by atoms with Crippen LogP contribution < -0.4 is 5.32 Å². The largest absolute Gasteiger partial charge is 0.463 e. The molecule has 4 heterocycles. The summed E-state index contributed by atoms with van der Waals surface area (Å²) in [5, 5.41) is 5.88. The van der Waals surface area contributed by atoms with Gasteiger partial charge in [-0.05, 0) is 31.0 Å². The molecular weight excluding hydrogens is 497 g/mol. The number of aliphatic imine (C=N–C) groups is 1. The zero-order chi connectivity index (χ0) is 26.1. The molecule has 9 nitrogen and oxygen atoms in total. The van der Waals surface area contributed by atoms with Gasteiger partial charge >= 0.3 is 5.97 Å². The fourth-order valence-corrected chi connectivity index (χ4v) is 5.77. The maximum Gasteiger partial charge on any atom is 0.338 e. The van der Waals surface area contributed by atoms with Gasteiger partial charge in [-0.3, -0.25) is 14.7 Å². The Morgan fingerprint density at radius 1 is 1.32 bits per heavy atom. The van der Waals surface area contributed by atoms with E-state index in [1.54, 1.807) is 44.0 Å². The Kier molecular flexibility index (Phi) is 7.36. The van der Waals surface area contributed by atoms with E-state index in [0.717, 1.165) is 0 Å². The van der Waals surface area contributed by atoms with Gasteiger partial charge in [-0.2, -0.15) is 0 Å². The van der Waals surface area contributed by atoms with Gasteiger partial charge in [0.1, 0.15) is 11.9 Å². The van der Waals surface area contributed by atoms with Gasteiger partial charge in [-0.15, -0.1) is 11.3 Å².